The Morgan fingerprint density at radius 3 is 1.74 bits per heavy atom. The van der Waals surface area contributed by atoms with Crippen LogP contribution in [-0.4, -0.2) is 19.9 Å². The molecule has 27 heavy (non-hydrogen) atoms. The number of allylic oxidation sites excluding steroid dienone is 4. The molecule has 6 rings (SSSR count). The first kappa shape index (κ1) is 16.0. The van der Waals surface area contributed by atoms with Crippen LogP contribution in [0.1, 0.15) is 12.8 Å². The van der Waals surface area contributed by atoms with E-state index >= 15 is 0 Å². The lowest BCUT2D eigenvalue weighted by molar-refractivity contribution is -0.131. The Morgan fingerprint density at radius 2 is 1.22 bits per heavy atom. The van der Waals surface area contributed by atoms with Crippen LogP contribution in [0.4, 0.5) is 0 Å². The summed E-state index contributed by atoms with van der Waals surface area (Å²) in [6.45, 7) is 0. The molecule has 0 unspecified atom stereocenters. The largest absolute Gasteiger partial charge is 0.299 e. The number of Topliss-reactive ketones (excluding diaryl/α,β-unsaturated/α-hetero) is 1. The minimum absolute atomic E-state index is 0.0278. The molecule has 138 valence electrons. The predicted octanol–water partition coefficient (Wildman–Crippen LogP) is 3.28. The number of nitrogens with zero attached hydrogens (tertiary/aromatic N) is 1. The van der Waals surface area contributed by atoms with E-state index in [9.17, 15) is 13.2 Å². The van der Waals surface area contributed by atoms with Crippen molar-refractivity contribution in [3.05, 3.63) is 54.6 Å². The number of rotatable bonds is 2. The summed E-state index contributed by atoms with van der Waals surface area (Å²) in [5.41, 5.74) is 0.794. The summed E-state index contributed by atoms with van der Waals surface area (Å²) >= 11 is 0. The molecule has 1 aromatic carbocycles. The minimum Gasteiger partial charge on any atom is -0.299 e. The van der Waals surface area contributed by atoms with Crippen LogP contribution in [0.25, 0.3) is 0 Å². The molecule has 5 aliphatic rings. The minimum atomic E-state index is -3.76. The highest BCUT2D eigenvalue weighted by Crippen LogP contribution is 2.61. The smallest absolute Gasteiger partial charge is 0.282 e. The first-order chi connectivity index (χ1) is 13.0. The molecule has 0 N–H and O–H groups in total. The summed E-state index contributed by atoms with van der Waals surface area (Å²) in [5.74, 6) is 1.23. The molecular formula is C22H21NO3S. The molecule has 4 nitrogen and oxygen atoms in total. The molecule has 0 saturated heterocycles. The van der Waals surface area contributed by atoms with E-state index in [4.69, 9.17) is 0 Å². The molecule has 0 spiro atoms. The lowest BCUT2D eigenvalue weighted by Crippen LogP contribution is -2.50. The van der Waals surface area contributed by atoms with Crippen molar-refractivity contribution in [1.82, 2.24) is 0 Å². The van der Waals surface area contributed by atoms with Crippen molar-refractivity contribution in [3.63, 3.8) is 0 Å². The number of hydrogen-bond acceptors (Lipinski definition) is 3. The molecule has 1 aromatic rings. The summed E-state index contributed by atoms with van der Waals surface area (Å²) in [4.78, 5) is 13.6. The zero-order valence-corrected chi connectivity index (χ0v) is 15.6. The van der Waals surface area contributed by atoms with Crippen LogP contribution in [0.5, 0.6) is 0 Å². The maximum Gasteiger partial charge on any atom is 0.282 e. The van der Waals surface area contributed by atoms with Crippen LogP contribution < -0.4 is 0 Å². The van der Waals surface area contributed by atoms with E-state index in [1.54, 1.807) is 30.3 Å². The van der Waals surface area contributed by atoms with Crippen LogP contribution in [0.15, 0.2) is 63.9 Å². The third-order valence-electron chi connectivity index (χ3n) is 7.53. The summed E-state index contributed by atoms with van der Waals surface area (Å²) in [7, 11) is -3.76. The van der Waals surface area contributed by atoms with Gasteiger partial charge in [0.25, 0.3) is 10.0 Å². The van der Waals surface area contributed by atoms with Crippen molar-refractivity contribution in [3.8, 4) is 0 Å². The average molecular weight is 379 g/mol. The van der Waals surface area contributed by atoms with Crippen molar-refractivity contribution in [2.24, 2.45) is 51.7 Å². The van der Waals surface area contributed by atoms with E-state index in [0.29, 0.717) is 5.78 Å². The van der Waals surface area contributed by atoms with Crippen molar-refractivity contribution < 1.29 is 13.2 Å². The predicted molar refractivity (Wildman–Crippen MR) is 102 cm³/mol. The van der Waals surface area contributed by atoms with Gasteiger partial charge >= 0.3 is 0 Å². The SMILES string of the molecule is O=C1[C@@H]2[C@@H](C(=NS(=O)(=O)c3ccccc3)[C@@H]3[C@@H]1[C@H]1C=C[C@H]3C1)[C@H]1C=C[C@H]2C1. The fraction of sp³-hybridized carbons (Fsp3) is 0.455. The highest BCUT2D eigenvalue weighted by molar-refractivity contribution is 7.90. The Hall–Kier alpha value is -2.01. The second kappa shape index (κ2) is 5.28. The van der Waals surface area contributed by atoms with Gasteiger partial charge in [-0.05, 0) is 48.6 Å². The Balaban J connectivity index is 1.52. The van der Waals surface area contributed by atoms with Gasteiger partial charge in [-0.15, -0.1) is 0 Å². The molecule has 0 aliphatic heterocycles. The van der Waals surface area contributed by atoms with E-state index in [2.05, 4.69) is 28.7 Å². The second-order valence-electron chi connectivity index (χ2n) is 8.71. The van der Waals surface area contributed by atoms with Gasteiger partial charge in [-0.2, -0.15) is 12.8 Å². The standard InChI is InChI=1S/C22H21NO3S/c24-22-19-14-8-6-12(10-14)17(19)21(18-13-7-9-15(11-13)20(18)22)23-27(25,26)16-4-2-1-3-5-16/h1-9,12-15,17-20H,10-11H2/t12-,13-,14-,15-,17-,18-,19-,20-/m0/s1. The molecule has 0 aromatic heterocycles. The Morgan fingerprint density at radius 1 is 0.741 bits per heavy atom. The molecule has 3 saturated carbocycles. The van der Waals surface area contributed by atoms with Gasteiger partial charge in [0, 0.05) is 29.4 Å². The molecule has 0 radical (unpaired) electrons. The molecule has 0 heterocycles. The lowest BCUT2D eigenvalue weighted by Gasteiger charge is -2.42. The van der Waals surface area contributed by atoms with Crippen LogP contribution in [-0.2, 0) is 14.8 Å². The fourth-order valence-electron chi connectivity index (χ4n) is 6.58. The van der Waals surface area contributed by atoms with Gasteiger partial charge in [-0.25, -0.2) is 0 Å². The lowest BCUT2D eigenvalue weighted by atomic mass is 9.60. The van der Waals surface area contributed by atoms with Gasteiger partial charge < -0.3 is 0 Å². The zero-order valence-electron chi connectivity index (χ0n) is 14.8. The summed E-state index contributed by atoms with van der Waals surface area (Å²) in [6.07, 6.45) is 10.7. The maximum atomic E-state index is 13.4. The van der Waals surface area contributed by atoms with E-state index in [0.717, 1.165) is 18.6 Å². The van der Waals surface area contributed by atoms with Gasteiger partial charge in [0.1, 0.15) is 5.78 Å². The molecule has 3 fully saturated rings. The van der Waals surface area contributed by atoms with E-state index in [-0.39, 0.29) is 52.2 Å². The molecule has 5 heteroatoms. The third-order valence-corrected chi connectivity index (χ3v) is 8.84. The molecule has 0 amide bonds. The number of hydrogen-bond donors (Lipinski definition) is 0. The zero-order chi connectivity index (χ0) is 18.3. The van der Waals surface area contributed by atoms with Crippen LogP contribution in [0.3, 0.4) is 0 Å². The monoisotopic (exact) mass is 379 g/mol. The number of carbonyl (C=O) groups excluding carboxylic acids is 1. The maximum absolute atomic E-state index is 13.4. The average Bonchev–Trinajstić information content (AvgIpc) is 3.45. The summed E-state index contributed by atoms with van der Waals surface area (Å²) in [5, 5.41) is 0. The van der Waals surface area contributed by atoms with Crippen molar-refractivity contribution in [1.29, 1.82) is 0 Å². The Labute approximate surface area is 159 Å². The second-order valence-corrected chi connectivity index (χ2v) is 10.3. The van der Waals surface area contributed by atoms with Crippen LogP contribution >= 0.6 is 0 Å². The molecule has 4 bridgehead atoms. The van der Waals surface area contributed by atoms with Gasteiger partial charge in [0.2, 0.25) is 0 Å². The van der Waals surface area contributed by atoms with Crippen molar-refractivity contribution in [2.75, 3.05) is 0 Å². The quantitative estimate of drug-likeness (QED) is 0.741. The van der Waals surface area contributed by atoms with E-state index in [1.807, 2.05) is 0 Å². The number of fused-ring (bicyclic) bond motifs is 10. The molecule has 5 aliphatic carbocycles. The normalized spacial score (nSPS) is 43.3. The van der Waals surface area contributed by atoms with E-state index < -0.39 is 10.0 Å². The van der Waals surface area contributed by atoms with Gasteiger partial charge in [-0.1, -0.05) is 42.5 Å². The fourth-order valence-corrected chi connectivity index (χ4v) is 7.70. The molecular weight excluding hydrogens is 358 g/mol. The first-order valence-corrected chi connectivity index (χ1v) is 11.3. The Bertz CT molecular complexity index is 979. The van der Waals surface area contributed by atoms with Gasteiger partial charge in [0.05, 0.1) is 4.90 Å². The van der Waals surface area contributed by atoms with Gasteiger partial charge in [-0.3, -0.25) is 4.79 Å². The Kier molecular flexibility index (Phi) is 3.13. The highest BCUT2D eigenvalue weighted by atomic mass is 32.2. The van der Waals surface area contributed by atoms with Gasteiger partial charge in [0.15, 0.2) is 0 Å². The van der Waals surface area contributed by atoms with Crippen LogP contribution in [0, 0.1) is 47.3 Å². The van der Waals surface area contributed by atoms with Crippen LogP contribution in [0.2, 0.25) is 0 Å². The third kappa shape index (κ3) is 2.06. The van der Waals surface area contributed by atoms with Crippen molar-refractivity contribution in [2.45, 2.75) is 17.7 Å². The number of carbonyl (C=O) groups is 1. The highest BCUT2D eigenvalue weighted by Gasteiger charge is 2.63. The summed E-state index contributed by atoms with van der Waals surface area (Å²) in [6, 6.07) is 8.46. The molecule has 8 atom stereocenters. The summed E-state index contributed by atoms with van der Waals surface area (Å²) < 4.78 is 30.6. The van der Waals surface area contributed by atoms with Crippen molar-refractivity contribution >= 4 is 21.5 Å². The number of sulfonamides is 1. The first-order valence-electron chi connectivity index (χ1n) is 9.85. The van der Waals surface area contributed by atoms with E-state index in [1.165, 1.54) is 0 Å². The topological polar surface area (TPSA) is 63.6 Å². The number of benzene rings is 1. The number of ketones is 1.